The van der Waals surface area contributed by atoms with Crippen molar-refractivity contribution < 1.29 is 27.8 Å². The number of urea groups is 1. The van der Waals surface area contributed by atoms with Gasteiger partial charge in [0.2, 0.25) is 0 Å². The smallest absolute Gasteiger partial charge is 0.387 e. The molecule has 1 aliphatic rings. The normalized spacial score (nSPS) is 17.4. The van der Waals surface area contributed by atoms with E-state index < -0.39 is 24.7 Å². The molecule has 0 fully saturated rings. The van der Waals surface area contributed by atoms with Crippen molar-refractivity contribution in [3.63, 3.8) is 0 Å². The Labute approximate surface area is 157 Å². The van der Waals surface area contributed by atoms with Crippen molar-refractivity contribution in [2.45, 2.75) is 39.8 Å². The number of benzene rings is 1. The summed E-state index contributed by atoms with van der Waals surface area (Å²) in [7, 11) is 1.23. The van der Waals surface area contributed by atoms with Crippen molar-refractivity contribution in [1.82, 2.24) is 10.2 Å². The lowest BCUT2D eigenvalue weighted by Crippen LogP contribution is -2.48. The average Bonchev–Trinajstić information content (AvgIpc) is 2.60. The second kappa shape index (κ2) is 8.83. The molecule has 1 aliphatic heterocycles. The maximum Gasteiger partial charge on any atom is 0.387 e. The van der Waals surface area contributed by atoms with Gasteiger partial charge in [0.25, 0.3) is 0 Å². The number of hydrogen-bond acceptors (Lipinski definition) is 4. The van der Waals surface area contributed by atoms with Gasteiger partial charge in [-0.05, 0) is 25.3 Å². The molecule has 0 saturated heterocycles. The summed E-state index contributed by atoms with van der Waals surface area (Å²) in [6.07, 6.45) is 0.745. The Morgan fingerprint density at radius 2 is 1.96 bits per heavy atom. The molecule has 1 unspecified atom stereocenters. The SMILES string of the molecule is COC(=O)C1=C(C)N(CCC(C)C)C(=O)NC1c1ccccc1OC(F)F. The average molecular weight is 382 g/mol. The topological polar surface area (TPSA) is 67.9 Å². The van der Waals surface area contributed by atoms with Crippen LogP contribution in [-0.4, -0.2) is 37.2 Å². The molecule has 1 aromatic carbocycles. The Balaban J connectivity index is 2.50. The molecule has 1 aromatic rings. The van der Waals surface area contributed by atoms with E-state index in [9.17, 15) is 18.4 Å². The molecular weight excluding hydrogens is 358 g/mol. The van der Waals surface area contributed by atoms with Crippen LogP contribution in [0.1, 0.15) is 38.8 Å². The van der Waals surface area contributed by atoms with Crippen LogP contribution in [0.15, 0.2) is 35.5 Å². The van der Waals surface area contributed by atoms with Crippen LogP contribution in [0.5, 0.6) is 5.75 Å². The van der Waals surface area contributed by atoms with Crippen molar-refractivity contribution in [3.05, 3.63) is 41.1 Å². The minimum absolute atomic E-state index is 0.109. The van der Waals surface area contributed by atoms with Gasteiger partial charge in [-0.15, -0.1) is 0 Å². The third-order valence-electron chi connectivity index (χ3n) is 4.38. The molecule has 1 heterocycles. The molecule has 0 saturated carbocycles. The van der Waals surface area contributed by atoms with E-state index in [1.165, 1.54) is 30.2 Å². The quantitative estimate of drug-likeness (QED) is 0.728. The van der Waals surface area contributed by atoms with E-state index in [1.54, 1.807) is 13.0 Å². The molecule has 0 spiro atoms. The zero-order valence-electron chi connectivity index (χ0n) is 15.8. The predicted molar refractivity (Wildman–Crippen MR) is 95.2 cm³/mol. The third kappa shape index (κ3) is 4.75. The molecule has 6 nitrogen and oxygen atoms in total. The number of ether oxygens (including phenoxy) is 2. The maximum atomic E-state index is 12.8. The standard InChI is InChI=1S/C19H24F2N2O4/c1-11(2)9-10-23-12(3)15(17(24)26-4)16(22-19(23)25)13-7-5-6-8-14(13)27-18(20)21/h5-8,11,16,18H,9-10H2,1-4H3,(H,22,25). The summed E-state index contributed by atoms with van der Waals surface area (Å²) in [5.41, 5.74) is 0.878. The van der Waals surface area contributed by atoms with Crippen LogP contribution in [0.4, 0.5) is 13.6 Å². The fourth-order valence-corrected chi connectivity index (χ4v) is 2.97. The fraction of sp³-hybridized carbons (Fsp3) is 0.474. The number of alkyl halides is 2. The number of rotatable bonds is 7. The minimum Gasteiger partial charge on any atom is -0.466 e. The van der Waals surface area contributed by atoms with Crippen LogP contribution in [0, 0.1) is 5.92 Å². The number of nitrogens with one attached hydrogen (secondary N) is 1. The Bertz CT molecular complexity index is 734. The second-order valence-corrected chi connectivity index (χ2v) is 6.62. The minimum atomic E-state index is -3.03. The van der Waals surface area contributed by atoms with Gasteiger partial charge in [0.1, 0.15) is 5.75 Å². The molecule has 0 bridgehead atoms. The number of hydrogen-bond donors (Lipinski definition) is 1. The number of carbonyl (C=O) groups excluding carboxylic acids is 2. The molecule has 1 N–H and O–H groups in total. The summed E-state index contributed by atoms with van der Waals surface area (Å²) in [4.78, 5) is 26.5. The molecule has 0 aromatic heterocycles. The lowest BCUT2D eigenvalue weighted by Gasteiger charge is -2.36. The van der Waals surface area contributed by atoms with Crippen molar-refractivity contribution in [2.24, 2.45) is 5.92 Å². The van der Waals surface area contributed by atoms with Crippen LogP contribution in [0.25, 0.3) is 0 Å². The van der Waals surface area contributed by atoms with Gasteiger partial charge in [0, 0.05) is 17.8 Å². The van der Waals surface area contributed by atoms with Gasteiger partial charge < -0.3 is 14.8 Å². The van der Waals surface area contributed by atoms with Crippen LogP contribution in [0.3, 0.4) is 0 Å². The van der Waals surface area contributed by atoms with Gasteiger partial charge >= 0.3 is 18.6 Å². The Morgan fingerprint density at radius 3 is 2.56 bits per heavy atom. The lowest BCUT2D eigenvalue weighted by molar-refractivity contribution is -0.136. The van der Waals surface area contributed by atoms with Crippen molar-refractivity contribution in [2.75, 3.05) is 13.7 Å². The van der Waals surface area contributed by atoms with Gasteiger partial charge in [0.05, 0.1) is 18.7 Å². The lowest BCUT2D eigenvalue weighted by atomic mass is 9.94. The highest BCUT2D eigenvalue weighted by atomic mass is 19.3. The first-order valence-electron chi connectivity index (χ1n) is 8.67. The fourth-order valence-electron chi connectivity index (χ4n) is 2.97. The number of esters is 1. The summed E-state index contributed by atoms with van der Waals surface area (Å²) in [6.45, 7) is 3.11. The first-order chi connectivity index (χ1) is 12.8. The second-order valence-electron chi connectivity index (χ2n) is 6.62. The van der Waals surface area contributed by atoms with Gasteiger partial charge in [-0.25, -0.2) is 9.59 Å². The first kappa shape index (κ1) is 20.7. The zero-order valence-corrected chi connectivity index (χ0v) is 15.8. The summed E-state index contributed by atoms with van der Waals surface area (Å²) in [6, 6.07) is 4.70. The van der Waals surface area contributed by atoms with E-state index in [-0.39, 0.29) is 16.9 Å². The summed E-state index contributed by atoms with van der Waals surface area (Å²) < 4.78 is 35.0. The summed E-state index contributed by atoms with van der Waals surface area (Å²) >= 11 is 0. The van der Waals surface area contributed by atoms with Crippen LogP contribution in [0.2, 0.25) is 0 Å². The van der Waals surface area contributed by atoms with E-state index in [0.717, 1.165) is 6.42 Å². The third-order valence-corrected chi connectivity index (χ3v) is 4.38. The number of nitrogens with zero attached hydrogens (tertiary/aromatic N) is 1. The van der Waals surface area contributed by atoms with E-state index in [2.05, 4.69) is 10.1 Å². The highest BCUT2D eigenvalue weighted by molar-refractivity contribution is 5.95. The van der Waals surface area contributed by atoms with Crippen LogP contribution >= 0.6 is 0 Å². The van der Waals surface area contributed by atoms with Gasteiger partial charge in [-0.1, -0.05) is 32.0 Å². The molecule has 1 atom stereocenters. The zero-order chi connectivity index (χ0) is 20.1. The molecule has 27 heavy (non-hydrogen) atoms. The van der Waals surface area contributed by atoms with Crippen molar-refractivity contribution in [1.29, 1.82) is 0 Å². The molecule has 2 amide bonds. The molecule has 2 rings (SSSR count). The predicted octanol–water partition coefficient (Wildman–Crippen LogP) is 3.85. The number of carbonyl (C=O) groups is 2. The molecular formula is C19H24F2N2O4. The van der Waals surface area contributed by atoms with Gasteiger partial charge in [-0.2, -0.15) is 8.78 Å². The highest BCUT2D eigenvalue weighted by Gasteiger charge is 2.37. The number of para-hydroxylation sites is 1. The van der Waals surface area contributed by atoms with Crippen molar-refractivity contribution >= 4 is 12.0 Å². The number of methoxy groups -OCH3 is 1. The van der Waals surface area contributed by atoms with Crippen LogP contribution < -0.4 is 10.1 Å². The number of halogens is 2. The number of amides is 2. The first-order valence-corrected chi connectivity index (χ1v) is 8.67. The highest BCUT2D eigenvalue weighted by Crippen LogP contribution is 2.36. The molecule has 0 radical (unpaired) electrons. The van der Waals surface area contributed by atoms with Gasteiger partial charge in [0.15, 0.2) is 0 Å². The largest absolute Gasteiger partial charge is 0.466 e. The molecule has 148 valence electrons. The summed E-state index contributed by atoms with van der Waals surface area (Å²) in [5.74, 6) is -0.383. The van der Waals surface area contributed by atoms with E-state index in [4.69, 9.17) is 4.74 Å². The summed E-state index contributed by atoms with van der Waals surface area (Å²) in [5, 5.41) is 2.72. The number of allylic oxidation sites excluding steroid dienone is 1. The van der Waals surface area contributed by atoms with Crippen LogP contribution in [-0.2, 0) is 9.53 Å². The molecule has 0 aliphatic carbocycles. The van der Waals surface area contributed by atoms with E-state index >= 15 is 0 Å². The monoisotopic (exact) mass is 382 g/mol. The van der Waals surface area contributed by atoms with Gasteiger partial charge in [-0.3, -0.25) is 4.90 Å². The Hall–Kier alpha value is -2.64. The van der Waals surface area contributed by atoms with Crippen molar-refractivity contribution in [3.8, 4) is 5.75 Å². The molecule has 8 heteroatoms. The Kier molecular flexibility index (Phi) is 6.76. The van der Waals surface area contributed by atoms with E-state index in [1.807, 2.05) is 13.8 Å². The van der Waals surface area contributed by atoms with E-state index in [0.29, 0.717) is 18.2 Å². The maximum absolute atomic E-state index is 12.8. The Morgan fingerprint density at radius 1 is 1.30 bits per heavy atom.